The van der Waals surface area contributed by atoms with Crippen LogP contribution in [-0.4, -0.2) is 22.5 Å². The largest absolute Gasteiger partial charge is 0.462 e. The number of rotatable bonds is 3. The molecular weight excluding hydrogens is 348 g/mol. The number of fused-ring (bicyclic) bond motifs is 2. The van der Waals surface area contributed by atoms with Crippen LogP contribution in [0.3, 0.4) is 0 Å². The second kappa shape index (κ2) is 6.46. The molecule has 26 heavy (non-hydrogen) atoms. The van der Waals surface area contributed by atoms with Crippen LogP contribution in [0.1, 0.15) is 23.0 Å². The number of aryl methyl sites for hydroxylation is 1. The number of benzene rings is 2. The number of nitrogens with zero attached hydrogens (tertiary/aromatic N) is 1. The van der Waals surface area contributed by atoms with E-state index < -0.39 is 0 Å². The van der Waals surface area contributed by atoms with Gasteiger partial charge in [0.15, 0.2) is 0 Å². The SMILES string of the molecule is CCOC(=O)c1c(C)[nH]c2c(-c3ccccc3)c3cc(Cl)ccc3nc12. The number of aromatic amines is 1. The summed E-state index contributed by atoms with van der Waals surface area (Å²) in [7, 11) is 0. The zero-order valence-electron chi connectivity index (χ0n) is 14.5. The average molecular weight is 365 g/mol. The van der Waals surface area contributed by atoms with Crippen molar-refractivity contribution in [2.45, 2.75) is 13.8 Å². The van der Waals surface area contributed by atoms with Crippen molar-refractivity contribution in [3.05, 3.63) is 64.8 Å². The number of hydrogen-bond acceptors (Lipinski definition) is 3. The van der Waals surface area contributed by atoms with Gasteiger partial charge in [-0.2, -0.15) is 0 Å². The maximum absolute atomic E-state index is 12.5. The van der Waals surface area contributed by atoms with Crippen molar-refractivity contribution < 1.29 is 9.53 Å². The van der Waals surface area contributed by atoms with Gasteiger partial charge in [-0.1, -0.05) is 41.9 Å². The van der Waals surface area contributed by atoms with Gasteiger partial charge in [-0.05, 0) is 37.6 Å². The van der Waals surface area contributed by atoms with Gasteiger partial charge in [0.25, 0.3) is 0 Å². The van der Waals surface area contributed by atoms with E-state index in [1.165, 1.54) is 0 Å². The number of H-pyrrole nitrogens is 1. The number of carbonyl (C=O) groups is 1. The first-order valence-electron chi connectivity index (χ1n) is 8.44. The predicted molar refractivity (Wildman–Crippen MR) is 105 cm³/mol. The van der Waals surface area contributed by atoms with Crippen molar-refractivity contribution in [2.24, 2.45) is 0 Å². The predicted octanol–water partition coefficient (Wildman–Crippen LogP) is 5.52. The third-order valence-electron chi connectivity index (χ3n) is 4.41. The molecule has 0 radical (unpaired) electrons. The number of aromatic nitrogens is 2. The average Bonchev–Trinajstić information content (AvgIpc) is 2.96. The molecule has 0 fully saturated rings. The molecule has 2 heterocycles. The van der Waals surface area contributed by atoms with Crippen LogP contribution in [0.15, 0.2) is 48.5 Å². The Hall–Kier alpha value is -2.85. The van der Waals surface area contributed by atoms with E-state index in [4.69, 9.17) is 21.3 Å². The van der Waals surface area contributed by atoms with Crippen LogP contribution in [0.4, 0.5) is 0 Å². The normalized spacial score (nSPS) is 11.2. The van der Waals surface area contributed by atoms with Gasteiger partial charge in [-0.3, -0.25) is 0 Å². The second-order valence-corrected chi connectivity index (χ2v) is 6.52. The third-order valence-corrected chi connectivity index (χ3v) is 4.65. The number of nitrogens with one attached hydrogen (secondary N) is 1. The molecule has 130 valence electrons. The summed E-state index contributed by atoms with van der Waals surface area (Å²) in [6, 6.07) is 15.6. The number of ether oxygens (including phenoxy) is 1. The molecule has 0 bridgehead atoms. The standard InChI is InChI=1S/C21H17ClN2O2/c1-3-26-21(25)17-12(2)23-20-18(13-7-5-4-6-8-13)15-11-14(22)9-10-16(15)24-19(17)20/h4-11,23H,3H2,1-2H3. The van der Waals surface area contributed by atoms with Crippen molar-refractivity contribution in [2.75, 3.05) is 6.61 Å². The van der Waals surface area contributed by atoms with E-state index in [9.17, 15) is 4.79 Å². The van der Waals surface area contributed by atoms with Crippen molar-refractivity contribution in [1.82, 2.24) is 9.97 Å². The van der Waals surface area contributed by atoms with Gasteiger partial charge in [0, 0.05) is 21.7 Å². The van der Waals surface area contributed by atoms with Crippen molar-refractivity contribution >= 4 is 39.5 Å². The van der Waals surface area contributed by atoms with Gasteiger partial charge >= 0.3 is 5.97 Å². The van der Waals surface area contributed by atoms with Crippen LogP contribution in [0.2, 0.25) is 5.02 Å². The lowest BCUT2D eigenvalue weighted by Crippen LogP contribution is -2.06. The van der Waals surface area contributed by atoms with Gasteiger partial charge in [-0.25, -0.2) is 9.78 Å². The van der Waals surface area contributed by atoms with E-state index in [2.05, 4.69) is 4.98 Å². The fourth-order valence-corrected chi connectivity index (χ4v) is 3.50. The summed E-state index contributed by atoms with van der Waals surface area (Å²) >= 11 is 6.25. The highest BCUT2D eigenvalue weighted by Gasteiger charge is 2.22. The highest BCUT2D eigenvalue weighted by Crippen LogP contribution is 2.37. The molecule has 4 nitrogen and oxygen atoms in total. The molecule has 2 aromatic heterocycles. The molecule has 4 aromatic rings. The molecule has 0 unspecified atom stereocenters. The Labute approximate surface area is 155 Å². The zero-order chi connectivity index (χ0) is 18.3. The molecule has 0 saturated carbocycles. The Balaban J connectivity index is 2.15. The van der Waals surface area contributed by atoms with Crippen molar-refractivity contribution in [3.63, 3.8) is 0 Å². The first-order chi connectivity index (χ1) is 12.6. The van der Waals surface area contributed by atoms with Crippen LogP contribution >= 0.6 is 11.6 Å². The summed E-state index contributed by atoms with van der Waals surface area (Å²) < 4.78 is 5.23. The minimum absolute atomic E-state index is 0.319. The van der Waals surface area contributed by atoms with E-state index in [-0.39, 0.29) is 5.97 Å². The lowest BCUT2D eigenvalue weighted by atomic mass is 9.99. The summed E-state index contributed by atoms with van der Waals surface area (Å²) in [6.45, 7) is 3.97. The number of esters is 1. The van der Waals surface area contributed by atoms with E-state index >= 15 is 0 Å². The van der Waals surface area contributed by atoms with Crippen LogP contribution in [0.5, 0.6) is 0 Å². The molecule has 5 heteroatoms. The molecule has 0 saturated heterocycles. The molecule has 1 N–H and O–H groups in total. The van der Waals surface area contributed by atoms with E-state index in [0.717, 1.165) is 33.2 Å². The lowest BCUT2D eigenvalue weighted by molar-refractivity contribution is 0.0527. The minimum Gasteiger partial charge on any atom is -0.462 e. The van der Waals surface area contributed by atoms with Crippen LogP contribution in [0.25, 0.3) is 33.1 Å². The zero-order valence-corrected chi connectivity index (χ0v) is 15.2. The first-order valence-corrected chi connectivity index (χ1v) is 8.82. The van der Waals surface area contributed by atoms with Crippen LogP contribution < -0.4 is 0 Å². The minimum atomic E-state index is -0.365. The highest BCUT2D eigenvalue weighted by atomic mass is 35.5. The first kappa shape index (κ1) is 16.6. The quantitative estimate of drug-likeness (QED) is 0.487. The van der Waals surface area contributed by atoms with Crippen molar-refractivity contribution in [3.8, 4) is 11.1 Å². The summed E-state index contributed by atoms with van der Waals surface area (Å²) in [6.07, 6.45) is 0. The van der Waals surface area contributed by atoms with E-state index in [1.807, 2.05) is 49.4 Å². The molecular formula is C21H17ClN2O2. The summed E-state index contributed by atoms with van der Waals surface area (Å²) in [5.74, 6) is -0.365. The number of halogens is 1. The third kappa shape index (κ3) is 2.63. The summed E-state index contributed by atoms with van der Waals surface area (Å²) in [5, 5.41) is 1.58. The monoisotopic (exact) mass is 364 g/mol. The van der Waals surface area contributed by atoms with Gasteiger partial charge in [0.1, 0.15) is 11.1 Å². The van der Waals surface area contributed by atoms with Gasteiger partial charge < -0.3 is 9.72 Å². The van der Waals surface area contributed by atoms with Gasteiger partial charge in [0.2, 0.25) is 0 Å². The molecule has 0 aliphatic carbocycles. The summed E-state index contributed by atoms with van der Waals surface area (Å²) in [5.41, 5.74) is 5.45. The van der Waals surface area contributed by atoms with E-state index in [1.54, 1.807) is 13.0 Å². The molecule has 0 amide bonds. The Bertz CT molecular complexity index is 1130. The molecule has 0 aliphatic heterocycles. The fourth-order valence-electron chi connectivity index (χ4n) is 3.32. The Morgan fingerprint density at radius 1 is 1.19 bits per heavy atom. The highest BCUT2D eigenvalue weighted by molar-refractivity contribution is 6.31. The number of pyridine rings is 1. The Kier molecular flexibility index (Phi) is 4.13. The van der Waals surface area contributed by atoms with Gasteiger partial charge in [-0.15, -0.1) is 0 Å². The molecule has 2 aromatic carbocycles. The Morgan fingerprint density at radius 2 is 1.96 bits per heavy atom. The van der Waals surface area contributed by atoms with Crippen LogP contribution in [-0.2, 0) is 4.74 Å². The topological polar surface area (TPSA) is 55.0 Å². The van der Waals surface area contributed by atoms with Gasteiger partial charge in [0.05, 0.1) is 17.6 Å². The number of carbonyl (C=O) groups excluding carboxylic acids is 1. The summed E-state index contributed by atoms with van der Waals surface area (Å²) in [4.78, 5) is 20.6. The maximum atomic E-state index is 12.5. The maximum Gasteiger partial charge on any atom is 0.342 e. The smallest absolute Gasteiger partial charge is 0.342 e. The Morgan fingerprint density at radius 3 is 2.69 bits per heavy atom. The molecule has 0 atom stereocenters. The molecule has 0 aliphatic rings. The second-order valence-electron chi connectivity index (χ2n) is 6.08. The van der Waals surface area contributed by atoms with Crippen molar-refractivity contribution in [1.29, 1.82) is 0 Å². The molecule has 4 rings (SSSR count). The fraction of sp³-hybridized carbons (Fsp3) is 0.143. The number of hydrogen-bond donors (Lipinski definition) is 1. The van der Waals surface area contributed by atoms with Crippen LogP contribution in [0, 0.1) is 6.92 Å². The lowest BCUT2D eigenvalue weighted by Gasteiger charge is -2.10. The molecule has 0 spiro atoms. The van der Waals surface area contributed by atoms with E-state index in [0.29, 0.717) is 22.7 Å².